The molecule has 2 nitrogen and oxygen atoms in total. The lowest BCUT2D eigenvalue weighted by molar-refractivity contribution is 0.0698. The molecule has 0 saturated heterocycles. The van der Waals surface area contributed by atoms with Gasteiger partial charge in [-0.05, 0) is 6.07 Å². The van der Waals surface area contributed by atoms with Gasteiger partial charge in [-0.15, -0.1) is 4.43 Å². The van der Waals surface area contributed by atoms with Crippen LogP contribution < -0.4 is 4.43 Å². The lowest BCUT2D eigenvalue weighted by Gasteiger charge is -1.97. The zero-order valence-corrected chi connectivity index (χ0v) is 6.40. The fourth-order valence-corrected chi connectivity index (χ4v) is 1.02. The number of benzene rings is 1. The lowest BCUT2D eigenvalue weighted by Crippen LogP contribution is -2.14. The van der Waals surface area contributed by atoms with Crippen LogP contribution in [0.1, 0.15) is 10.4 Å². The van der Waals surface area contributed by atoms with E-state index in [1.165, 1.54) is 0 Å². The van der Waals surface area contributed by atoms with Gasteiger partial charge in [0.1, 0.15) is 0 Å². The molecule has 1 rings (SSSR count). The van der Waals surface area contributed by atoms with Crippen LogP contribution in [0, 0.1) is 0 Å². The van der Waals surface area contributed by atoms with Crippen molar-refractivity contribution in [1.29, 1.82) is 0 Å². The van der Waals surface area contributed by atoms with Crippen molar-refractivity contribution in [2.45, 2.75) is 0 Å². The van der Waals surface area contributed by atoms with Gasteiger partial charge < -0.3 is 5.11 Å². The Morgan fingerprint density at radius 2 is 2.00 bits per heavy atom. The van der Waals surface area contributed by atoms with Gasteiger partial charge >= 0.3 is 5.97 Å². The highest BCUT2D eigenvalue weighted by Gasteiger charge is 2.01. The number of carbonyl (C=O) groups is 1. The fraction of sp³-hybridized carbons (Fsp3) is 0. The summed E-state index contributed by atoms with van der Waals surface area (Å²) in [5, 5.41) is 8.55. The van der Waals surface area contributed by atoms with Gasteiger partial charge in [-0.3, -0.25) is 0 Å². The van der Waals surface area contributed by atoms with Gasteiger partial charge in [0, 0.05) is 5.56 Å². The Labute approximate surface area is 66.9 Å². The van der Waals surface area contributed by atoms with Gasteiger partial charge in [0.15, 0.2) is 16.3 Å². The summed E-state index contributed by atoms with van der Waals surface area (Å²) >= 11 is 2.37. The van der Waals surface area contributed by atoms with Gasteiger partial charge in [0.05, 0.1) is 0 Å². The molecule has 0 atom stereocenters. The first-order chi connectivity index (χ1) is 4.72. The first-order valence-corrected chi connectivity index (χ1v) is 3.37. The molecule has 10 heavy (non-hydrogen) atoms. The molecule has 0 aromatic heterocycles. The molecular formula is C7H5AlO2. The predicted octanol–water partition coefficient (Wildman–Crippen LogP) is 0.179. The number of carboxylic acids is 1. The Morgan fingerprint density at radius 3 is 2.40 bits per heavy atom. The highest BCUT2D eigenvalue weighted by molar-refractivity contribution is 6.36. The lowest BCUT2D eigenvalue weighted by atomic mass is 10.2. The summed E-state index contributed by atoms with van der Waals surface area (Å²) in [5.74, 6) is -0.884. The summed E-state index contributed by atoms with van der Waals surface area (Å²) in [4.78, 5) is 10.4. The van der Waals surface area contributed by atoms with Crippen LogP contribution in [0.15, 0.2) is 24.3 Å². The summed E-state index contributed by atoms with van der Waals surface area (Å²) in [6, 6.07) is 6.82. The monoisotopic (exact) mass is 148 g/mol. The number of aromatic carboxylic acids is 1. The largest absolute Gasteiger partial charge is 0.478 e. The third-order valence-corrected chi connectivity index (χ3v) is 1.69. The molecular weight excluding hydrogens is 143 g/mol. The molecule has 0 aliphatic heterocycles. The summed E-state index contributed by atoms with van der Waals surface area (Å²) in [6.07, 6.45) is 0. The highest BCUT2D eigenvalue weighted by atomic mass is 27.0. The summed E-state index contributed by atoms with van der Waals surface area (Å²) < 4.78 is 0.718. The molecule has 1 aromatic rings. The number of hydrogen-bond acceptors (Lipinski definition) is 1. The van der Waals surface area contributed by atoms with Gasteiger partial charge in [0.25, 0.3) is 0 Å². The van der Waals surface area contributed by atoms with Gasteiger partial charge in [-0.2, -0.15) is 0 Å². The Balaban J connectivity index is 3.15. The van der Waals surface area contributed by atoms with E-state index >= 15 is 0 Å². The Hall–Kier alpha value is -0.778. The molecule has 1 N–H and O–H groups in total. The average Bonchev–Trinajstić information content (AvgIpc) is 1.88. The molecule has 0 bridgehead atoms. The van der Waals surface area contributed by atoms with Crippen molar-refractivity contribution in [3.05, 3.63) is 29.8 Å². The number of carboxylic acid groups (broad SMARTS) is 1. The third-order valence-electron chi connectivity index (χ3n) is 1.19. The summed E-state index contributed by atoms with van der Waals surface area (Å²) in [7, 11) is 0. The van der Waals surface area contributed by atoms with E-state index in [1.54, 1.807) is 24.3 Å². The standard InChI is InChI=1S/C7H5O2.Al/c8-7(9)6-4-2-1-3-5-6;/h1-4H,(H,8,9);. The average molecular weight is 148 g/mol. The second-order valence-corrected chi connectivity index (χ2v) is 2.51. The molecule has 1 aromatic carbocycles. The minimum atomic E-state index is -0.884. The van der Waals surface area contributed by atoms with Crippen molar-refractivity contribution in [3.63, 3.8) is 0 Å². The zero-order valence-electron chi connectivity index (χ0n) is 5.24. The Bertz CT molecular complexity index is 258. The maximum Gasteiger partial charge on any atom is 0.334 e. The maximum absolute atomic E-state index is 10.4. The molecule has 0 unspecified atom stereocenters. The quantitative estimate of drug-likeness (QED) is 0.577. The van der Waals surface area contributed by atoms with E-state index in [1.807, 2.05) is 0 Å². The molecule has 0 fully saturated rings. The van der Waals surface area contributed by atoms with E-state index < -0.39 is 5.97 Å². The molecule has 0 saturated carbocycles. The maximum atomic E-state index is 10.4. The third kappa shape index (κ3) is 1.38. The van der Waals surface area contributed by atoms with Crippen molar-refractivity contribution >= 4 is 26.7 Å². The zero-order chi connectivity index (χ0) is 7.56. The van der Waals surface area contributed by atoms with Crippen molar-refractivity contribution in [2.75, 3.05) is 0 Å². The topological polar surface area (TPSA) is 37.3 Å². The number of hydrogen-bond donors (Lipinski definition) is 1. The van der Waals surface area contributed by atoms with Gasteiger partial charge in [0.2, 0.25) is 0 Å². The predicted molar refractivity (Wildman–Crippen MR) is 38.8 cm³/mol. The van der Waals surface area contributed by atoms with Crippen molar-refractivity contribution in [2.24, 2.45) is 0 Å². The fourth-order valence-electron chi connectivity index (χ4n) is 0.692. The highest BCUT2D eigenvalue weighted by Crippen LogP contribution is 1.92. The first-order valence-electron chi connectivity index (χ1n) is 2.79. The van der Waals surface area contributed by atoms with Crippen molar-refractivity contribution in [3.8, 4) is 0 Å². The minimum Gasteiger partial charge on any atom is -0.478 e. The SMILES string of the molecule is O=C(O)c1cccc[c]1[Al]. The molecule has 3 heteroatoms. The molecule has 0 aliphatic rings. The van der Waals surface area contributed by atoms with Crippen LogP contribution in [0.25, 0.3) is 0 Å². The molecule has 0 aliphatic carbocycles. The first kappa shape index (κ1) is 7.33. The summed E-state index contributed by atoms with van der Waals surface area (Å²) in [5.41, 5.74) is 0.340. The molecule has 0 amide bonds. The Kier molecular flexibility index (Phi) is 2.10. The van der Waals surface area contributed by atoms with Crippen molar-refractivity contribution < 1.29 is 9.90 Å². The smallest absolute Gasteiger partial charge is 0.334 e. The molecule has 0 spiro atoms. The molecule has 2 radical (unpaired) electrons. The van der Waals surface area contributed by atoms with E-state index in [0.717, 1.165) is 4.43 Å². The molecule has 48 valence electrons. The van der Waals surface area contributed by atoms with Crippen LogP contribution >= 0.6 is 0 Å². The second kappa shape index (κ2) is 2.87. The van der Waals surface area contributed by atoms with E-state index in [-0.39, 0.29) is 0 Å². The van der Waals surface area contributed by atoms with Crippen LogP contribution in [-0.4, -0.2) is 27.4 Å². The van der Waals surface area contributed by atoms with Crippen LogP contribution in [0.4, 0.5) is 0 Å². The van der Waals surface area contributed by atoms with Crippen LogP contribution in [0.2, 0.25) is 0 Å². The van der Waals surface area contributed by atoms with E-state index in [2.05, 4.69) is 16.3 Å². The van der Waals surface area contributed by atoms with E-state index in [0.29, 0.717) is 5.56 Å². The van der Waals surface area contributed by atoms with Crippen LogP contribution in [0.3, 0.4) is 0 Å². The normalized spacial score (nSPS) is 9.20. The van der Waals surface area contributed by atoms with Crippen molar-refractivity contribution in [1.82, 2.24) is 0 Å². The van der Waals surface area contributed by atoms with Gasteiger partial charge in [-0.25, -0.2) is 4.79 Å². The minimum absolute atomic E-state index is 0.340. The molecule has 0 heterocycles. The van der Waals surface area contributed by atoms with E-state index in [9.17, 15) is 4.79 Å². The van der Waals surface area contributed by atoms with Crippen LogP contribution in [0.5, 0.6) is 0 Å². The van der Waals surface area contributed by atoms with E-state index in [4.69, 9.17) is 5.11 Å². The second-order valence-electron chi connectivity index (χ2n) is 1.89. The van der Waals surface area contributed by atoms with Gasteiger partial charge in [-0.1, -0.05) is 18.2 Å². The Morgan fingerprint density at radius 1 is 1.40 bits per heavy atom. The number of rotatable bonds is 1. The summed E-state index contributed by atoms with van der Waals surface area (Å²) in [6.45, 7) is 0. The van der Waals surface area contributed by atoms with Crippen LogP contribution in [-0.2, 0) is 0 Å².